The maximum atomic E-state index is 5.62. The van der Waals surface area contributed by atoms with Crippen LogP contribution in [-0.4, -0.2) is 32.2 Å². The molecule has 86 valence electrons. The fourth-order valence-corrected chi connectivity index (χ4v) is 2.39. The number of nitrogens with zero attached hydrogens (tertiary/aromatic N) is 1. The Morgan fingerprint density at radius 2 is 2.27 bits per heavy atom. The predicted octanol–water partition coefficient (Wildman–Crippen LogP) is 1.59. The Labute approximate surface area is 95.8 Å². The molecule has 0 fully saturated rings. The summed E-state index contributed by atoms with van der Waals surface area (Å²) in [7, 11) is 3.84. The summed E-state index contributed by atoms with van der Waals surface area (Å²) in [4.78, 5) is 4.90. The maximum absolute atomic E-state index is 5.62. The Kier molecular flexibility index (Phi) is 5.25. The molecule has 0 saturated heterocycles. The van der Waals surface area contributed by atoms with Crippen LogP contribution in [0.25, 0.3) is 0 Å². The number of thiophene rings is 1. The molecule has 1 aromatic rings. The highest BCUT2D eigenvalue weighted by Crippen LogP contribution is 2.22. The van der Waals surface area contributed by atoms with Crippen LogP contribution in [-0.2, 0) is 17.8 Å². The van der Waals surface area contributed by atoms with Crippen molar-refractivity contribution in [3.8, 4) is 0 Å². The van der Waals surface area contributed by atoms with E-state index in [0.29, 0.717) is 6.54 Å². The van der Waals surface area contributed by atoms with Gasteiger partial charge in [0.1, 0.15) is 0 Å². The molecule has 3 nitrogen and oxygen atoms in total. The molecule has 15 heavy (non-hydrogen) atoms. The maximum Gasteiger partial charge on any atom is 0.0589 e. The summed E-state index contributed by atoms with van der Waals surface area (Å²) in [6.07, 6.45) is 0. The van der Waals surface area contributed by atoms with E-state index in [4.69, 9.17) is 10.5 Å². The monoisotopic (exact) mass is 228 g/mol. The van der Waals surface area contributed by atoms with Gasteiger partial charge in [-0.25, -0.2) is 0 Å². The molecule has 0 aliphatic heterocycles. The molecule has 1 aromatic heterocycles. The van der Waals surface area contributed by atoms with E-state index in [1.165, 1.54) is 15.3 Å². The molecule has 0 unspecified atom stereocenters. The summed E-state index contributed by atoms with van der Waals surface area (Å²) in [5.74, 6) is 0. The van der Waals surface area contributed by atoms with Gasteiger partial charge < -0.3 is 10.5 Å². The molecule has 2 N–H and O–H groups in total. The number of hydrogen-bond acceptors (Lipinski definition) is 4. The van der Waals surface area contributed by atoms with Gasteiger partial charge in [-0.15, -0.1) is 11.3 Å². The van der Waals surface area contributed by atoms with Gasteiger partial charge in [-0.2, -0.15) is 0 Å². The largest absolute Gasteiger partial charge is 0.383 e. The van der Waals surface area contributed by atoms with E-state index in [-0.39, 0.29) is 0 Å². The molecule has 0 aliphatic carbocycles. The van der Waals surface area contributed by atoms with Crippen LogP contribution >= 0.6 is 11.3 Å². The van der Waals surface area contributed by atoms with Crippen molar-refractivity contribution in [1.29, 1.82) is 0 Å². The first-order chi connectivity index (χ1) is 7.17. The third-order valence-electron chi connectivity index (χ3n) is 2.39. The predicted molar refractivity (Wildman–Crippen MR) is 65.2 cm³/mol. The van der Waals surface area contributed by atoms with Gasteiger partial charge in [0.05, 0.1) is 6.61 Å². The first-order valence-electron chi connectivity index (χ1n) is 5.13. The first kappa shape index (κ1) is 12.6. The summed E-state index contributed by atoms with van der Waals surface area (Å²) in [6, 6.07) is 2.21. The zero-order valence-corrected chi connectivity index (χ0v) is 10.6. The Balaban J connectivity index is 2.51. The van der Waals surface area contributed by atoms with Crippen molar-refractivity contribution in [3.05, 3.63) is 21.4 Å². The fourth-order valence-electron chi connectivity index (χ4n) is 1.46. The number of hydrogen-bond donors (Lipinski definition) is 1. The summed E-state index contributed by atoms with van der Waals surface area (Å²) in [5.41, 5.74) is 7.01. The van der Waals surface area contributed by atoms with Gasteiger partial charge in [-0.05, 0) is 25.6 Å². The number of aryl methyl sites for hydroxylation is 1. The molecule has 0 atom stereocenters. The molecule has 0 radical (unpaired) electrons. The molecule has 1 heterocycles. The summed E-state index contributed by atoms with van der Waals surface area (Å²) in [6.45, 7) is 5.52. The molecular formula is C11H20N2OS. The van der Waals surface area contributed by atoms with Crippen molar-refractivity contribution in [2.24, 2.45) is 5.73 Å². The minimum atomic E-state index is 0.646. The smallest absolute Gasteiger partial charge is 0.0589 e. The minimum Gasteiger partial charge on any atom is -0.383 e. The highest BCUT2D eigenvalue weighted by molar-refractivity contribution is 7.12. The molecule has 0 bridgehead atoms. The zero-order chi connectivity index (χ0) is 11.3. The van der Waals surface area contributed by atoms with Gasteiger partial charge in [0.25, 0.3) is 0 Å². The highest BCUT2D eigenvalue weighted by Gasteiger charge is 2.06. The van der Waals surface area contributed by atoms with Gasteiger partial charge >= 0.3 is 0 Å². The number of likely N-dealkylation sites (N-methyl/N-ethyl adjacent to an activating group) is 1. The first-order valence-corrected chi connectivity index (χ1v) is 5.94. The molecule has 0 spiro atoms. The van der Waals surface area contributed by atoms with Crippen LogP contribution in [0.1, 0.15) is 15.3 Å². The standard InChI is InChI=1S/C11H20N2OS/c1-9-10(6-11(7-12)15-9)8-13(2)4-5-14-3/h6H,4-5,7-8,12H2,1-3H3. The van der Waals surface area contributed by atoms with E-state index >= 15 is 0 Å². The Hall–Kier alpha value is -0.420. The molecule has 0 amide bonds. The summed E-state index contributed by atoms with van der Waals surface area (Å²) < 4.78 is 5.05. The fraction of sp³-hybridized carbons (Fsp3) is 0.636. The quantitative estimate of drug-likeness (QED) is 0.803. The summed E-state index contributed by atoms with van der Waals surface area (Å²) >= 11 is 1.80. The molecule has 4 heteroatoms. The van der Waals surface area contributed by atoms with Gasteiger partial charge in [-0.1, -0.05) is 0 Å². The van der Waals surface area contributed by atoms with Gasteiger partial charge in [0.15, 0.2) is 0 Å². The topological polar surface area (TPSA) is 38.5 Å². The number of methoxy groups -OCH3 is 1. The Bertz CT molecular complexity index is 299. The van der Waals surface area contributed by atoms with E-state index in [1.807, 2.05) is 0 Å². The Morgan fingerprint density at radius 1 is 1.53 bits per heavy atom. The van der Waals surface area contributed by atoms with E-state index in [9.17, 15) is 0 Å². The third-order valence-corrected chi connectivity index (χ3v) is 3.51. The van der Waals surface area contributed by atoms with Crippen LogP contribution in [0.2, 0.25) is 0 Å². The molecule has 1 rings (SSSR count). The van der Waals surface area contributed by atoms with Crippen molar-refractivity contribution >= 4 is 11.3 Å². The normalized spacial score (nSPS) is 11.3. The lowest BCUT2D eigenvalue weighted by molar-refractivity contribution is 0.158. The van der Waals surface area contributed by atoms with Crippen molar-refractivity contribution in [2.45, 2.75) is 20.0 Å². The lowest BCUT2D eigenvalue weighted by atomic mass is 10.2. The second-order valence-corrected chi connectivity index (χ2v) is 5.07. The van der Waals surface area contributed by atoms with Crippen molar-refractivity contribution in [1.82, 2.24) is 4.90 Å². The van der Waals surface area contributed by atoms with Gasteiger partial charge in [0, 0.05) is 36.5 Å². The van der Waals surface area contributed by atoms with E-state index < -0.39 is 0 Å². The van der Waals surface area contributed by atoms with E-state index in [1.54, 1.807) is 18.4 Å². The van der Waals surface area contributed by atoms with Crippen LogP contribution in [0.5, 0.6) is 0 Å². The van der Waals surface area contributed by atoms with E-state index in [0.717, 1.165) is 19.7 Å². The van der Waals surface area contributed by atoms with Gasteiger partial charge in [-0.3, -0.25) is 4.90 Å². The zero-order valence-electron chi connectivity index (χ0n) is 9.75. The van der Waals surface area contributed by atoms with Crippen LogP contribution < -0.4 is 5.73 Å². The third kappa shape index (κ3) is 3.91. The summed E-state index contributed by atoms with van der Waals surface area (Å²) in [5, 5.41) is 0. The van der Waals surface area contributed by atoms with Gasteiger partial charge in [0.2, 0.25) is 0 Å². The van der Waals surface area contributed by atoms with Crippen LogP contribution in [0, 0.1) is 6.92 Å². The molecular weight excluding hydrogens is 208 g/mol. The molecule has 0 aromatic carbocycles. The van der Waals surface area contributed by atoms with Crippen molar-refractivity contribution in [3.63, 3.8) is 0 Å². The highest BCUT2D eigenvalue weighted by atomic mass is 32.1. The van der Waals surface area contributed by atoms with Crippen LogP contribution in [0.15, 0.2) is 6.07 Å². The minimum absolute atomic E-state index is 0.646. The van der Waals surface area contributed by atoms with Crippen molar-refractivity contribution < 1.29 is 4.74 Å². The number of rotatable bonds is 6. The lowest BCUT2D eigenvalue weighted by Gasteiger charge is -2.15. The van der Waals surface area contributed by atoms with E-state index in [2.05, 4.69) is 24.9 Å². The van der Waals surface area contributed by atoms with Crippen LogP contribution in [0.3, 0.4) is 0 Å². The van der Waals surface area contributed by atoms with Crippen LogP contribution in [0.4, 0.5) is 0 Å². The number of nitrogens with two attached hydrogens (primary N) is 1. The second-order valence-electron chi connectivity index (χ2n) is 3.73. The SMILES string of the molecule is COCCN(C)Cc1cc(CN)sc1C. The average Bonchev–Trinajstić information content (AvgIpc) is 2.57. The molecule has 0 aliphatic rings. The average molecular weight is 228 g/mol. The van der Waals surface area contributed by atoms with Crippen molar-refractivity contribution in [2.75, 3.05) is 27.3 Å². The molecule has 0 saturated carbocycles. The number of ether oxygens (including phenoxy) is 1. The second kappa shape index (κ2) is 6.23. The Morgan fingerprint density at radius 3 is 2.80 bits per heavy atom. The lowest BCUT2D eigenvalue weighted by Crippen LogP contribution is -2.22.